The average Bonchev–Trinajstić information content (AvgIpc) is 2.34. The highest BCUT2D eigenvalue weighted by Crippen LogP contribution is 2.26. The van der Waals surface area contributed by atoms with Crippen molar-refractivity contribution in [1.29, 1.82) is 0 Å². The third kappa shape index (κ3) is 3.84. The number of carbonyl (C=O) groups is 1. The lowest BCUT2D eigenvalue weighted by Gasteiger charge is -2.25. The quantitative estimate of drug-likeness (QED) is 0.774. The topological polar surface area (TPSA) is 20.3 Å². The van der Waals surface area contributed by atoms with Crippen molar-refractivity contribution in [2.45, 2.75) is 32.6 Å². The van der Waals surface area contributed by atoms with E-state index in [2.05, 4.69) is 36.7 Å². The van der Waals surface area contributed by atoms with Gasteiger partial charge in [0.1, 0.15) is 0 Å². The molecule has 0 aromatic heterocycles. The van der Waals surface area contributed by atoms with Crippen LogP contribution in [0.15, 0.2) is 24.3 Å². The van der Waals surface area contributed by atoms with Gasteiger partial charge < -0.3 is 4.90 Å². The second kappa shape index (κ2) is 6.37. The van der Waals surface area contributed by atoms with Crippen molar-refractivity contribution in [1.82, 2.24) is 4.90 Å². The van der Waals surface area contributed by atoms with Gasteiger partial charge in [-0.2, -0.15) is 0 Å². The van der Waals surface area contributed by atoms with Gasteiger partial charge in [0.25, 0.3) is 5.91 Å². The summed E-state index contributed by atoms with van der Waals surface area (Å²) in [6.07, 6.45) is 0.972. The molecule has 100 valence electrons. The van der Waals surface area contributed by atoms with E-state index in [-0.39, 0.29) is 11.3 Å². The second-order valence-electron chi connectivity index (χ2n) is 5.56. The molecule has 1 aromatic carbocycles. The Morgan fingerprint density at radius 2 is 1.89 bits per heavy atom. The molecule has 18 heavy (non-hydrogen) atoms. The van der Waals surface area contributed by atoms with Crippen LogP contribution in [0.2, 0.25) is 0 Å². The maximum atomic E-state index is 12.4. The molecular weight excluding hydrogens is 290 g/mol. The fourth-order valence-corrected chi connectivity index (χ4v) is 2.18. The van der Waals surface area contributed by atoms with Gasteiger partial charge in [0.15, 0.2) is 0 Å². The first-order valence-corrected chi connectivity index (χ1v) is 7.41. The summed E-state index contributed by atoms with van der Waals surface area (Å²) in [5, 5.41) is 0.922. The van der Waals surface area contributed by atoms with E-state index in [0.717, 1.165) is 29.4 Å². The second-order valence-corrected chi connectivity index (χ2v) is 6.36. The molecule has 0 N–H and O–H groups in total. The highest BCUT2D eigenvalue weighted by atomic mass is 79.9. The van der Waals surface area contributed by atoms with E-state index in [0.29, 0.717) is 0 Å². The van der Waals surface area contributed by atoms with Crippen LogP contribution < -0.4 is 0 Å². The van der Waals surface area contributed by atoms with Crippen molar-refractivity contribution >= 4 is 21.8 Å². The monoisotopic (exact) mass is 311 g/mol. The number of benzene rings is 1. The zero-order chi connectivity index (χ0) is 13.8. The van der Waals surface area contributed by atoms with Gasteiger partial charge in [-0.25, -0.2) is 0 Å². The van der Waals surface area contributed by atoms with Crippen LogP contribution in [0, 0.1) is 0 Å². The Morgan fingerprint density at radius 3 is 2.44 bits per heavy atom. The van der Waals surface area contributed by atoms with E-state index < -0.39 is 0 Å². The predicted octanol–water partition coefficient (Wildman–Crippen LogP) is 3.84. The Labute approximate surface area is 119 Å². The average molecular weight is 312 g/mol. The first kappa shape index (κ1) is 15.2. The van der Waals surface area contributed by atoms with Gasteiger partial charge in [0.05, 0.1) is 0 Å². The lowest BCUT2D eigenvalue weighted by molar-refractivity contribution is 0.0793. The number of rotatable bonds is 4. The van der Waals surface area contributed by atoms with Gasteiger partial charge in [-0.15, -0.1) is 0 Å². The Balaban J connectivity index is 2.99. The zero-order valence-electron chi connectivity index (χ0n) is 11.7. The van der Waals surface area contributed by atoms with Crippen molar-refractivity contribution in [2.24, 2.45) is 0 Å². The molecule has 0 aliphatic heterocycles. The van der Waals surface area contributed by atoms with Gasteiger partial charge >= 0.3 is 0 Å². The van der Waals surface area contributed by atoms with Crippen LogP contribution in [0.4, 0.5) is 0 Å². The third-order valence-corrected chi connectivity index (χ3v) is 3.50. The summed E-state index contributed by atoms with van der Waals surface area (Å²) in [7, 11) is 1.87. The molecule has 0 radical (unpaired) electrons. The summed E-state index contributed by atoms with van der Waals surface area (Å²) in [6.45, 7) is 7.19. The number of hydrogen-bond acceptors (Lipinski definition) is 1. The molecule has 0 saturated carbocycles. The highest BCUT2D eigenvalue weighted by molar-refractivity contribution is 9.09. The SMILES string of the molecule is CN(CCCBr)C(=O)c1ccccc1C(C)(C)C. The number of carbonyl (C=O) groups excluding carboxylic acids is 1. The fraction of sp³-hybridized carbons (Fsp3) is 0.533. The van der Waals surface area contributed by atoms with Gasteiger partial charge in [0, 0.05) is 24.5 Å². The zero-order valence-corrected chi connectivity index (χ0v) is 13.3. The summed E-state index contributed by atoms with van der Waals surface area (Å²) < 4.78 is 0. The molecule has 0 aliphatic carbocycles. The Morgan fingerprint density at radius 1 is 1.28 bits per heavy atom. The number of nitrogens with zero attached hydrogens (tertiary/aromatic N) is 1. The van der Waals surface area contributed by atoms with Gasteiger partial charge in [0.2, 0.25) is 0 Å². The fourth-order valence-electron chi connectivity index (χ4n) is 1.93. The van der Waals surface area contributed by atoms with E-state index in [9.17, 15) is 4.79 Å². The highest BCUT2D eigenvalue weighted by Gasteiger charge is 2.22. The van der Waals surface area contributed by atoms with Gasteiger partial charge in [-0.1, -0.05) is 54.9 Å². The summed E-state index contributed by atoms with van der Waals surface area (Å²) in [4.78, 5) is 14.2. The van der Waals surface area contributed by atoms with Gasteiger partial charge in [-0.05, 0) is 23.5 Å². The van der Waals surface area contributed by atoms with E-state index in [4.69, 9.17) is 0 Å². The minimum Gasteiger partial charge on any atom is -0.342 e. The molecule has 1 rings (SSSR count). The minimum atomic E-state index is -0.0114. The molecule has 0 heterocycles. The first-order valence-electron chi connectivity index (χ1n) is 6.29. The molecule has 3 heteroatoms. The van der Waals surface area contributed by atoms with Crippen LogP contribution in [0.5, 0.6) is 0 Å². The molecular formula is C15H22BrNO. The van der Waals surface area contributed by atoms with Crippen molar-refractivity contribution in [3.8, 4) is 0 Å². The maximum Gasteiger partial charge on any atom is 0.253 e. The van der Waals surface area contributed by atoms with E-state index in [1.807, 2.05) is 31.3 Å². The van der Waals surface area contributed by atoms with E-state index in [1.165, 1.54) is 0 Å². The van der Waals surface area contributed by atoms with Crippen molar-refractivity contribution < 1.29 is 4.79 Å². The largest absolute Gasteiger partial charge is 0.342 e. The molecule has 0 fully saturated rings. The number of alkyl halides is 1. The minimum absolute atomic E-state index is 0.0114. The molecule has 2 nitrogen and oxygen atoms in total. The summed E-state index contributed by atoms with van der Waals surface area (Å²) in [5.74, 6) is 0.112. The maximum absolute atomic E-state index is 12.4. The molecule has 1 aromatic rings. The van der Waals surface area contributed by atoms with Crippen LogP contribution in [-0.4, -0.2) is 29.7 Å². The van der Waals surface area contributed by atoms with E-state index >= 15 is 0 Å². The Hall–Kier alpha value is -0.830. The molecule has 1 amide bonds. The van der Waals surface area contributed by atoms with Crippen molar-refractivity contribution in [2.75, 3.05) is 18.9 Å². The summed E-state index contributed by atoms with van der Waals surface area (Å²) in [5.41, 5.74) is 1.92. The van der Waals surface area contributed by atoms with Crippen molar-refractivity contribution in [3.63, 3.8) is 0 Å². The predicted molar refractivity (Wildman–Crippen MR) is 80.5 cm³/mol. The van der Waals surface area contributed by atoms with Crippen LogP contribution in [0.25, 0.3) is 0 Å². The Bertz CT molecular complexity index is 409. The summed E-state index contributed by atoms with van der Waals surface area (Å²) in [6, 6.07) is 7.90. The lowest BCUT2D eigenvalue weighted by atomic mass is 9.83. The molecule has 0 spiro atoms. The molecule has 0 aliphatic rings. The molecule has 0 bridgehead atoms. The number of halogens is 1. The van der Waals surface area contributed by atoms with Crippen molar-refractivity contribution in [3.05, 3.63) is 35.4 Å². The summed E-state index contributed by atoms with van der Waals surface area (Å²) >= 11 is 3.39. The molecule has 0 unspecified atom stereocenters. The number of hydrogen-bond donors (Lipinski definition) is 0. The van der Waals surface area contributed by atoms with E-state index in [1.54, 1.807) is 4.90 Å². The standard InChI is InChI=1S/C15H22BrNO/c1-15(2,3)13-9-6-5-8-12(13)14(18)17(4)11-7-10-16/h5-6,8-9H,7,10-11H2,1-4H3. The van der Waals surface area contributed by atoms with Crippen LogP contribution in [0.3, 0.4) is 0 Å². The van der Waals surface area contributed by atoms with Crippen LogP contribution in [0.1, 0.15) is 43.1 Å². The van der Waals surface area contributed by atoms with Crippen LogP contribution in [-0.2, 0) is 5.41 Å². The van der Waals surface area contributed by atoms with Gasteiger partial charge in [-0.3, -0.25) is 4.79 Å². The molecule has 0 saturated heterocycles. The lowest BCUT2D eigenvalue weighted by Crippen LogP contribution is -2.30. The Kier molecular flexibility index (Phi) is 5.39. The first-order chi connectivity index (χ1) is 8.38. The normalized spacial score (nSPS) is 11.4. The van der Waals surface area contributed by atoms with Crippen LogP contribution >= 0.6 is 15.9 Å². The number of amides is 1. The third-order valence-electron chi connectivity index (χ3n) is 2.94. The smallest absolute Gasteiger partial charge is 0.253 e. The molecule has 0 atom stereocenters.